The minimum atomic E-state index is 0.203. The fourth-order valence-electron chi connectivity index (χ4n) is 4.08. The van der Waals surface area contributed by atoms with E-state index >= 15 is 0 Å². The fourth-order valence-corrected chi connectivity index (χ4v) is 4.08. The third-order valence-corrected chi connectivity index (χ3v) is 5.60. The van der Waals surface area contributed by atoms with E-state index < -0.39 is 0 Å². The van der Waals surface area contributed by atoms with E-state index in [1.807, 2.05) is 18.2 Å². The summed E-state index contributed by atoms with van der Waals surface area (Å²) in [4.78, 5) is 3.99. The minimum absolute atomic E-state index is 0.203. The molecule has 2 atom stereocenters. The van der Waals surface area contributed by atoms with Crippen LogP contribution in [0.3, 0.4) is 0 Å². The van der Waals surface area contributed by atoms with Gasteiger partial charge in [0.2, 0.25) is 0 Å². The number of benzene rings is 2. The normalized spacial score (nSPS) is 18.6. The highest BCUT2D eigenvalue weighted by Crippen LogP contribution is 2.38. The quantitative estimate of drug-likeness (QED) is 0.540. The summed E-state index contributed by atoms with van der Waals surface area (Å²) in [6.07, 6.45) is 5.19. The summed E-state index contributed by atoms with van der Waals surface area (Å²) in [5.41, 5.74) is 6.01. The Bertz CT molecular complexity index is 1190. The topological polar surface area (TPSA) is 90.5 Å². The van der Waals surface area contributed by atoms with E-state index in [-0.39, 0.29) is 6.04 Å². The molecule has 0 aliphatic heterocycles. The number of aromatic nitrogens is 3. The van der Waals surface area contributed by atoms with Crippen molar-refractivity contribution in [1.29, 1.82) is 5.26 Å². The second-order valence-corrected chi connectivity index (χ2v) is 7.36. The van der Waals surface area contributed by atoms with Gasteiger partial charge in [-0.25, -0.2) is 4.98 Å². The molecule has 2 N–H and O–H groups in total. The summed E-state index contributed by atoms with van der Waals surface area (Å²) in [7, 11) is 0. The molecule has 0 amide bonds. The molecule has 4 aromatic rings. The zero-order valence-electron chi connectivity index (χ0n) is 15.4. The Morgan fingerprint density at radius 3 is 3.00 bits per heavy atom. The molecule has 1 aliphatic carbocycles. The zero-order valence-corrected chi connectivity index (χ0v) is 15.4. The van der Waals surface area contributed by atoms with Crippen LogP contribution in [-0.2, 0) is 6.42 Å². The zero-order chi connectivity index (χ0) is 19.1. The highest BCUT2D eigenvalue weighted by Gasteiger charge is 2.27. The number of nitrogens with one attached hydrogen (secondary N) is 2. The van der Waals surface area contributed by atoms with Crippen molar-refractivity contribution < 1.29 is 4.42 Å². The van der Waals surface area contributed by atoms with Gasteiger partial charge < -0.3 is 9.73 Å². The van der Waals surface area contributed by atoms with E-state index in [9.17, 15) is 5.26 Å². The van der Waals surface area contributed by atoms with Crippen molar-refractivity contribution in [1.82, 2.24) is 15.2 Å². The van der Waals surface area contributed by atoms with Gasteiger partial charge in [0, 0.05) is 11.1 Å². The predicted molar refractivity (Wildman–Crippen MR) is 107 cm³/mol. The lowest BCUT2D eigenvalue weighted by Crippen LogP contribution is -2.25. The molecule has 2 aromatic carbocycles. The summed E-state index contributed by atoms with van der Waals surface area (Å²) in [6.45, 7) is 2.27. The number of rotatable bonds is 3. The highest BCUT2D eigenvalue weighted by atomic mass is 16.3. The number of nitrogens with zero attached hydrogens (tertiary/aromatic N) is 3. The number of fused-ring (bicyclic) bond motifs is 2. The first-order valence-corrected chi connectivity index (χ1v) is 9.39. The lowest BCUT2D eigenvalue weighted by Gasteiger charge is -2.33. The predicted octanol–water partition coefficient (Wildman–Crippen LogP) is 4.83. The molecule has 0 saturated heterocycles. The van der Waals surface area contributed by atoms with E-state index in [0.29, 0.717) is 11.7 Å². The van der Waals surface area contributed by atoms with Gasteiger partial charge in [-0.15, -0.1) is 0 Å². The van der Waals surface area contributed by atoms with E-state index in [2.05, 4.69) is 51.7 Å². The number of aromatic amines is 1. The van der Waals surface area contributed by atoms with Crippen LogP contribution in [0.2, 0.25) is 0 Å². The maximum Gasteiger partial charge on any atom is 0.181 e. The Kier molecular flexibility index (Phi) is 3.87. The van der Waals surface area contributed by atoms with Gasteiger partial charge in [0.15, 0.2) is 12.2 Å². The van der Waals surface area contributed by atoms with Crippen molar-refractivity contribution in [2.45, 2.75) is 25.8 Å². The Hall–Kier alpha value is -3.59. The largest absolute Gasteiger partial charge is 0.442 e. The standard InChI is InChI=1S/C22H19N5O/c1-13-2-4-15-8-14(10-23)3-6-17(15)21(13)25-16-5-7-19-18(9-16)22(27-26-19)20-11-24-12-28-20/h3,5-9,11-13,21,25H,2,4H2,1H3,(H,26,27)/t13-,21-/m0/s1. The van der Waals surface area contributed by atoms with Gasteiger partial charge in [0.05, 0.1) is 29.4 Å². The van der Waals surface area contributed by atoms with Gasteiger partial charge >= 0.3 is 0 Å². The summed E-state index contributed by atoms with van der Waals surface area (Å²) < 4.78 is 5.42. The van der Waals surface area contributed by atoms with Crippen molar-refractivity contribution in [3.63, 3.8) is 0 Å². The third-order valence-electron chi connectivity index (χ3n) is 5.60. The Labute approximate surface area is 162 Å². The van der Waals surface area contributed by atoms with Crippen LogP contribution >= 0.6 is 0 Å². The van der Waals surface area contributed by atoms with Crippen LogP contribution in [-0.4, -0.2) is 15.2 Å². The minimum Gasteiger partial charge on any atom is -0.442 e. The van der Waals surface area contributed by atoms with Gasteiger partial charge in [-0.2, -0.15) is 10.4 Å². The van der Waals surface area contributed by atoms with Crippen LogP contribution in [0.15, 0.2) is 53.4 Å². The third kappa shape index (κ3) is 2.72. The summed E-state index contributed by atoms with van der Waals surface area (Å²) in [6, 6.07) is 14.7. The second-order valence-electron chi connectivity index (χ2n) is 7.36. The van der Waals surface area contributed by atoms with Gasteiger partial charge in [-0.05, 0) is 60.2 Å². The molecule has 0 unspecified atom stereocenters. The van der Waals surface area contributed by atoms with Gasteiger partial charge in [0.1, 0.15) is 5.69 Å². The van der Waals surface area contributed by atoms with Crippen LogP contribution in [0.5, 0.6) is 0 Å². The smallest absolute Gasteiger partial charge is 0.181 e. The molecule has 0 spiro atoms. The molecule has 138 valence electrons. The molecule has 6 heteroatoms. The SMILES string of the molecule is C[C@H]1CCc2cc(C#N)ccc2[C@H]1Nc1ccc2[nH]nc(-c3cnco3)c2c1. The molecule has 0 saturated carbocycles. The molecule has 0 radical (unpaired) electrons. The number of anilines is 1. The van der Waals surface area contributed by atoms with E-state index in [1.165, 1.54) is 17.5 Å². The Morgan fingerprint density at radius 1 is 1.25 bits per heavy atom. The maximum absolute atomic E-state index is 9.19. The Morgan fingerprint density at radius 2 is 2.18 bits per heavy atom. The first-order chi connectivity index (χ1) is 13.7. The van der Waals surface area contributed by atoms with Crippen molar-refractivity contribution in [3.05, 3.63) is 65.7 Å². The van der Waals surface area contributed by atoms with Crippen molar-refractivity contribution >= 4 is 16.6 Å². The number of H-pyrrole nitrogens is 1. The first kappa shape index (κ1) is 16.6. The van der Waals surface area contributed by atoms with Crippen molar-refractivity contribution in [2.24, 2.45) is 5.92 Å². The molecule has 5 rings (SSSR count). The fraction of sp³-hybridized carbons (Fsp3) is 0.227. The average molecular weight is 369 g/mol. The second kappa shape index (κ2) is 6.54. The lowest BCUT2D eigenvalue weighted by molar-refractivity contribution is 0.434. The average Bonchev–Trinajstić information content (AvgIpc) is 3.39. The molecule has 2 heterocycles. The van der Waals surface area contributed by atoms with Crippen LogP contribution in [0.1, 0.15) is 36.1 Å². The summed E-state index contributed by atoms with van der Waals surface area (Å²) >= 11 is 0. The van der Waals surface area contributed by atoms with Crippen LogP contribution < -0.4 is 5.32 Å². The molecule has 0 fully saturated rings. The molecule has 0 bridgehead atoms. The molecular formula is C22H19N5O. The van der Waals surface area contributed by atoms with E-state index in [1.54, 1.807) is 6.20 Å². The summed E-state index contributed by atoms with van der Waals surface area (Å²) in [5.74, 6) is 1.14. The van der Waals surface area contributed by atoms with Crippen LogP contribution in [0, 0.1) is 17.2 Å². The molecule has 1 aliphatic rings. The maximum atomic E-state index is 9.19. The number of aryl methyl sites for hydroxylation is 1. The van der Waals surface area contributed by atoms with Crippen molar-refractivity contribution in [2.75, 3.05) is 5.32 Å². The molecule has 2 aromatic heterocycles. The number of nitriles is 1. The molecular weight excluding hydrogens is 350 g/mol. The monoisotopic (exact) mass is 369 g/mol. The lowest BCUT2D eigenvalue weighted by atomic mass is 9.80. The highest BCUT2D eigenvalue weighted by molar-refractivity contribution is 5.93. The van der Waals surface area contributed by atoms with E-state index in [4.69, 9.17) is 4.42 Å². The Balaban J connectivity index is 1.52. The number of hydrogen-bond acceptors (Lipinski definition) is 5. The van der Waals surface area contributed by atoms with Crippen LogP contribution in [0.25, 0.3) is 22.4 Å². The number of oxazole rings is 1. The van der Waals surface area contributed by atoms with Gasteiger partial charge in [0.25, 0.3) is 0 Å². The van der Waals surface area contributed by atoms with Crippen molar-refractivity contribution in [3.8, 4) is 17.5 Å². The van der Waals surface area contributed by atoms with E-state index in [0.717, 1.165) is 40.7 Å². The molecule has 6 nitrogen and oxygen atoms in total. The first-order valence-electron chi connectivity index (χ1n) is 9.39. The van der Waals surface area contributed by atoms with Crippen LogP contribution in [0.4, 0.5) is 5.69 Å². The van der Waals surface area contributed by atoms with Gasteiger partial charge in [-0.1, -0.05) is 13.0 Å². The molecule has 28 heavy (non-hydrogen) atoms. The number of hydrogen-bond donors (Lipinski definition) is 2. The summed E-state index contributed by atoms with van der Waals surface area (Å²) in [5, 5.41) is 21.3. The van der Waals surface area contributed by atoms with Gasteiger partial charge in [-0.3, -0.25) is 5.10 Å².